The zero-order valence-electron chi connectivity index (χ0n) is 9.46. The molecular formula is C11H24N2O. The molecule has 0 aliphatic carbocycles. The summed E-state index contributed by atoms with van der Waals surface area (Å²) in [6.07, 6.45) is 4.09. The highest BCUT2D eigenvalue weighted by Gasteiger charge is 2.14. The largest absolute Gasteiger partial charge is 0.378 e. The van der Waals surface area contributed by atoms with E-state index in [1.54, 1.807) is 0 Å². The van der Waals surface area contributed by atoms with Gasteiger partial charge >= 0.3 is 0 Å². The van der Waals surface area contributed by atoms with Crippen LogP contribution in [0.5, 0.6) is 0 Å². The number of hydrogen-bond donors (Lipinski definition) is 2. The highest BCUT2D eigenvalue weighted by Crippen LogP contribution is 2.14. The summed E-state index contributed by atoms with van der Waals surface area (Å²) in [5.74, 6) is 0.560. The molecule has 1 aliphatic rings. The van der Waals surface area contributed by atoms with Gasteiger partial charge in [0.05, 0.1) is 6.10 Å². The Balaban J connectivity index is 1.93. The van der Waals surface area contributed by atoms with Gasteiger partial charge in [0, 0.05) is 19.2 Å². The first kappa shape index (κ1) is 12.0. The van der Waals surface area contributed by atoms with Crippen LogP contribution in [0.2, 0.25) is 0 Å². The van der Waals surface area contributed by atoms with Crippen molar-refractivity contribution >= 4 is 0 Å². The second-order valence-electron chi connectivity index (χ2n) is 4.54. The Bertz CT molecular complexity index is 140. The van der Waals surface area contributed by atoms with Gasteiger partial charge in [0.25, 0.3) is 0 Å². The average molecular weight is 200 g/mol. The molecule has 1 saturated heterocycles. The molecule has 2 unspecified atom stereocenters. The Morgan fingerprint density at radius 1 is 1.50 bits per heavy atom. The van der Waals surface area contributed by atoms with E-state index in [0.29, 0.717) is 12.0 Å². The molecule has 0 aromatic carbocycles. The number of hydrogen-bond acceptors (Lipinski definition) is 3. The zero-order valence-corrected chi connectivity index (χ0v) is 9.46. The first-order valence-electron chi connectivity index (χ1n) is 5.78. The van der Waals surface area contributed by atoms with Crippen LogP contribution >= 0.6 is 0 Å². The van der Waals surface area contributed by atoms with E-state index in [2.05, 4.69) is 19.2 Å². The second-order valence-corrected chi connectivity index (χ2v) is 4.54. The van der Waals surface area contributed by atoms with Gasteiger partial charge in [0.1, 0.15) is 0 Å². The summed E-state index contributed by atoms with van der Waals surface area (Å²) in [4.78, 5) is 0. The Morgan fingerprint density at radius 3 is 2.86 bits per heavy atom. The van der Waals surface area contributed by atoms with E-state index in [1.807, 2.05) is 0 Å². The van der Waals surface area contributed by atoms with Crippen molar-refractivity contribution in [2.45, 2.75) is 45.3 Å². The van der Waals surface area contributed by atoms with Gasteiger partial charge in [0.15, 0.2) is 0 Å². The number of rotatable bonds is 6. The smallest absolute Gasteiger partial charge is 0.0588 e. The van der Waals surface area contributed by atoms with Crippen LogP contribution in [0.25, 0.3) is 0 Å². The fourth-order valence-corrected chi connectivity index (χ4v) is 1.64. The molecule has 14 heavy (non-hydrogen) atoms. The fourth-order valence-electron chi connectivity index (χ4n) is 1.64. The zero-order chi connectivity index (χ0) is 10.4. The summed E-state index contributed by atoms with van der Waals surface area (Å²) < 4.78 is 5.54. The molecule has 0 aromatic rings. The van der Waals surface area contributed by atoms with Gasteiger partial charge in [-0.25, -0.2) is 0 Å². The molecule has 1 heterocycles. The molecule has 3 heteroatoms. The van der Waals surface area contributed by atoms with Crippen LogP contribution in [0.15, 0.2) is 0 Å². The van der Waals surface area contributed by atoms with E-state index in [4.69, 9.17) is 10.5 Å². The monoisotopic (exact) mass is 200 g/mol. The summed E-state index contributed by atoms with van der Waals surface area (Å²) in [6.45, 7) is 7.23. The molecule has 0 bridgehead atoms. The van der Waals surface area contributed by atoms with Crippen LogP contribution in [0.1, 0.15) is 33.1 Å². The summed E-state index contributed by atoms with van der Waals surface area (Å²) in [5, 5.41) is 3.39. The van der Waals surface area contributed by atoms with Crippen LogP contribution in [-0.4, -0.2) is 31.8 Å². The van der Waals surface area contributed by atoms with Crippen LogP contribution in [0.3, 0.4) is 0 Å². The number of nitrogens with two attached hydrogens (primary N) is 1. The van der Waals surface area contributed by atoms with E-state index in [-0.39, 0.29) is 6.04 Å². The normalized spacial score (nSPS) is 24.4. The van der Waals surface area contributed by atoms with Crippen LogP contribution in [-0.2, 0) is 4.74 Å². The third-order valence-electron chi connectivity index (χ3n) is 2.90. The lowest BCUT2D eigenvalue weighted by Crippen LogP contribution is -2.38. The Kier molecular flexibility index (Phi) is 5.45. The molecule has 0 radical (unpaired) electrons. The van der Waals surface area contributed by atoms with Gasteiger partial charge in [-0.2, -0.15) is 0 Å². The van der Waals surface area contributed by atoms with E-state index in [1.165, 1.54) is 12.8 Å². The minimum absolute atomic E-state index is 0.277. The molecule has 0 saturated carbocycles. The van der Waals surface area contributed by atoms with Gasteiger partial charge < -0.3 is 15.8 Å². The van der Waals surface area contributed by atoms with Crippen molar-refractivity contribution in [1.29, 1.82) is 0 Å². The SMILES string of the molecule is CC(C)C(N)CNCCC1CCCO1. The Morgan fingerprint density at radius 2 is 2.29 bits per heavy atom. The molecule has 0 spiro atoms. The standard InChI is InChI=1S/C11H24N2O/c1-9(2)11(12)8-13-6-5-10-4-3-7-14-10/h9-11,13H,3-8,12H2,1-2H3. The van der Waals surface area contributed by atoms with Gasteiger partial charge in [0.2, 0.25) is 0 Å². The number of ether oxygens (including phenoxy) is 1. The maximum absolute atomic E-state index is 5.92. The molecule has 1 rings (SSSR count). The van der Waals surface area contributed by atoms with Crippen LogP contribution < -0.4 is 11.1 Å². The van der Waals surface area contributed by atoms with Crippen molar-refractivity contribution in [2.24, 2.45) is 11.7 Å². The van der Waals surface area contributed by atoms with E-state index >= 15 is 0 Å². The molecule has 0 amide bonds. The van der Waals surface area contributed by atoms with Crippen molar-refractivity contribution in [3.63, 3.8) is 0 Å². The third-order valence-corrected chi connectivity index (χ3v) is 2.90. The highest BCUT2D eigenvalue weighted by molar-refractivity contribution is 4.70. The third kappa shape index (κ3) is 4.40. The minimum atomic E-state index is 0.277. The van der Waals surface area contributed by atoms with Gasteiger partial charge in [-0.1, -0.05) is 13.8 Å². The summed E-state index contributed by atoms with van der Waals surface area (Å²) >= 11 is 0. The van der Waals surface area contributed by atoms with E-state index in [0.717, 1.165) is 26.1 Å². The molecule has 1 fully saturated rings. The Hall–Kier alpha value is -0.120. The van der Waals surface area contributed by atoms with Crippen molar-refractivity contribution < 1.29 is 4.74 Å². The lowest BCUT2D eigenvalue weighted by atomic mass is 10.1. The quantitative estimate of drug-likeness (QED) is 0.632. The summed E-state index contributed by atoms with van der Waals surface area (Å²) in [6, 6.07) is 0.277. The van der Waals surface area contributed by atoms with Crippen LogP contribution in [0.4, 0.5) is 0 Å². The van der Waals surface area contributed by atoms with Gasteiger partial charge in [-0.05, 0) is 31.7 Å². The molecule has 2 atom stereocenters. The van der Waals surface area contributed by atoms with Crippen molar-refractivity contribution in [3.05, 3.63) is 0 Å². The molecule has 3 N–H and O–H groups in total. The van der Waals surface area contributed by atoms with Crippen molar-refractivity contribution in [1.82, 2.24) is 5.32 Å². The maximum atomic E-state index is 5.92. The van der Waals surface area contributed by atoms with Crippen LogP contribution in [0, 0.1) is 5.92 Å². The lowest BCUT2D eigenvalue weighted by molar-refractivity contribution is 0.104. The van der Waals surface area contributed by atoms with Crippen molar-refractivity contribution in [3.8, 4) is 0 Å². The van der Waals surface area contributed by atoms with Gasteiger partial charge in [-0.3, -0.25) is 0 Å². The molecule has 84 valence electrons. The summed E-state index contributed by atoms with van der Waals surface area (Å²) in [5.41, 5.74) is 5.92. The fraction of sp³-hybridized carbons (Fsp3) is 1.00. The second kappa shape index (κ2) is 6.38. The van der Waals surface area contributed by atoms with Gasteiger partial charge in [-0.15, -0.1) is 0 Å². The first-order valence-corrected chi connectivity index (χ1v) is 5.78. The maximum Gasteiger partial charge on any atom is 0.0588 e. The Labute approximate surface area is 87.4 Å². The lowest BCUT2D eigenvalue weighted by Gasteiger charge is -2.17. The van der Waals surface area contributed by atoms with E-state index < -0.39 is 0 Å². The topological polar surface area (TPSA) is 47.3 Å². The molecular weight excluding hydrogens is 176 g/mol. The molecule has 3 nitrogen and oxygen atoms in total. The molecule has 1 aliphatic heterocycles. The number of nitrogens with one attached hydrogen (secondary N) is 1. The minimum Gasteiger partial charge on any atom is -0.378 e. The van der Waals surface area contributed by atoms with Crippen molar-refractivity contribution in [2.75, 3.05) is 19.7 Å². The predicted molar refractivity (Wildman–Crippen MR) is 59.3 cm³/mol. The average Bonchev–Trinajstić information content (AvgIpc) is 2.64. The predicted octanol–water partition coefficient (Wildman–Crippen LogP) is 1.13. The molecule has 0 aromatic heterocycles. The van der Waals surface area contributed by atoms with E-state index in [9.17, 15) is 0 Å². The first-order chi connectivity index (χ1) is 6.70. The highest BCUT2D eigenvalue weighted by atomic mass is 16.5. The summed E-state index contributed by atoms with van der Waals surface area (Å²) in [7, 11) is 0.